The minimum absolute atomic E-state index is 0.0110. The van der Waals surface area contributed by atoms with Gasteiger partial charge in [-0.2, -0.15) is 5.10 Å². The normalized spacial score (nSPS) is 11.3. The number of anilines is 1. The third-order valence-electron chi connectivity index (χ3n) is 4.76. The minimum Gasteiger partial charge on any atom is -0.365 e. The molecule has 4 rings (SSSR count). The highest BCUT2D eigenvalue weighted by Gasteiger charge is 2.26. The molecule has 1 aromatic carbocycles. The fraction of sp³-hybridized carbons (Fsp3) is 0.143. The number of carbonyl (C=O) groups excluding carboxylic acids is 2. The number of halogens is 3. The van der Waals surface area contributed by atoms with Crippen molar-refractivity contribution in [1.29, 1.82) is 0 Å². The van der Waals surface area contributed by atoms with Crippen LogP contribution in [-0.4, -0.2) is 26.6 Å². The second-order valence-corrected chi connectivity index (χ2v) is 8.13. The maximum absolute atomic E-state index is 13.5. The number of aromatic nitrogens is 3. The number of hydrogen-bond acceptors (Lipinski definition) is 5. The summed E-state index contributed by atoms with van der Waals surface area (Å²) in [6.45, 7) is 2.18. The van der Waals surface area contributed by atoms with Crippen molar-refractivity contribution in [2.75, 3.05) is 5.32 Å². The van der Waals surface area contributed by atoms with Crippen molar-refractivity contribution in [2.45, 2.75) is 19.9 Å². The van der Waals surface area contributed by atoms with Gasteiger partial charge in [0.2, 0.25) is 0 Å². The summed E-state index contributed by atoms with van der Waals surface area (Å²) in [5.41, 5.74) is 6.29. The van der Waals surface area contributed by atoms with Gasteiger partial charge in [0, 0.05) is 11.9 Å². The first-order valence-corrected chi connectivity index (χ1v) is 10.6. The summed E-state index contributed by atoms with van der Waals surface area (Å²) in [4.78, 5) is 29.4. The van der Waals surface area contributed by atoms with Gasteiger partial charge >= 0.3 is 0 Å². The van der Waals surface area contributed by atoms with Crippen LogP contribution in [0.2, 0.25) is 5.02 Å². The lowest BCUT2D eigenvalue weighted by Gasteiger charge is -2.11. The number of nitrogens with one attached hydrogen (secondary N) is 1. The molecule has 0 spiro atoms. The van der Waals surface area contributed by atoms with Gasteiger partial charge in [-0.1, -0.05) is 41.9 Å². The van der Waals surface area contributed by atoms with E-state index in [1.807, 2.05) is 0 Å². The van der Waals surface area contributed by atoms with Gasteiger partial charge in [-0.3, -0.25) is 14.3 Å². The van der Waals surface area contributed by atoms with Crippen molar-refractivity contribution in [1.82, 2.24) is 14.8 Å². The molecule has 2 amide bonds. The standard InChI is InChI=1S/C21H16ClF2N5O2S/c1-2-29-16(12(22)9-26-29)20(31)28-15-14-11(10-6-4-3-5-7-10)8-13(18(23)24)27-21(14)32-17(15)19(25)30/h3-9,18H,2H2,1H3,(H2,25,30)(H,28,31). The van der Waals surface area contributed by atoms with E-state index in [1.54, 1.807) is 37.3 Å². The number of alkyl halides is 2. The van der Waals surface area contributed by atoms with Gasteiger partial charge in [0.05, 0.1) is 16.9 Å². The number of nitrogens with zero attached hydrogens (tertiary/aromatic N) is 3. The predicted octanol–water partition coefficient (Wildman–Crippen LogP) is 5.12. The number of thiophene rings is 1. The summed E-state index contributed by atoms with van der Waals surface area (Å²) in [6.07, 6.45) is -1.48. The van der Waals surface area contributed by atoms with Gasteiger partial charge in [-0.25, -0.2) is 13.8 Å². The Morgan fingerprint density at radius 3 is 2.62 bits per heavy atom. The van der Waals surface area contributed by atoms with Gasteiger partial charge in [0.25, 0.3) is 18.2 Å². The maximum Gasteiger partial charge on any atom is 0.280 e. The van der Waals surface area contributed by atoms with Gasteiger partial charge in [0.15, 0.2) is 0 Å². The van der Waals surface area contributed by atoms with Crippen LogP contribution < -0.4 is 11.1 Å². The van der Waals surface area contributed by atoms with Crippen LogP contribution in [0.4, 0.5) is 14.5 Å². The number of hydrogen-bond donors (Lipinski definition) is 2. The fourth-order valence-electron chi connectivity index (χ4n) is 3.37. The largest absolute Gasteiger partial charge is 0.365 e. The van der Waals surface area contributed by atoms with Crippen molar-refractivity contribution in [2.24, 2.45) is 5.73 Å². The average molecular weight is 476 g/mol. The first-order chi connectivity index (χ1) is 15.3. The van der Waals surface area contributed by atoms with E-state index in [1.165, 1.54) is 16.9 Å². The Hall–Kier alpha value is -3.37. The molecule has 0 saturated heterocycles. The van der Waals surface area contributed by atoms with E-state index in [4.69, 9.17) is 17.3 Å². The SMILES string of the molecule is CCn1ncc(Cl)c1C(=O)Nc1c(C(N)=O)sc2nc(C(F)F)cc(-c3ccccc3)c12. The number of fused-ring (bicyclic) bond motifs is 1. The molecule has 0 aliphatic rings. The lowest BCUT2D eigenvalue weighted by atomic mass is 10.0. The van der Waals surface area contributed by atoms with E-state index in [9.17, 15) is 18.4 Å². The van der Waals surface area contributed by atoms with Crippen LogP contribution in [0, 0.1) is 0 Å². The second kappa shape index (κ2) is 8.64. The molecule has 0 aliphatic carbocycles. The molecule has 0 aliphatic heterocycles. The molecule has 3 heterocycles. The molecule has 0 radical (unpaired) electrons. The minimum atomic E-state index is -2.82. The van der Waals surface area contributed by atoms with Crippen molar-refractivity contribution >= 4 is 50.7 Å². The lowest BCUT2D eigenvalue weighted by Crippen LogP contribution is -2.20. The van der Waals surface area contributed by atoms with E-state index in [-0.39, 0.29) is 26.1 Å². The molecule has 164 valence electrons. The molecular weight excluding hydrogens is 460 g/mol. The molecule has 3 aromatic heterocycles. The van der Waals surface area contributed by atoms with Crippen molar-refractivity contribution in [3.63, 3.8) is 0 Å². The highest BCUT2D eigenvalue weighted by molar-refractivity contribution is 7.21. The van der Waals surface area contributed by atoms with Crippen LogP contribution in [0.25, 0.3) is 21.3 Å². The van der Waals surface area contributed by atoms with Gasteiger partial charge in [-0.05, 0) is 24.1 Å². The maximum atomic E-state index is 13.5. The quantitative estimate of drug-likeness (QED) is 0.404. The summed E-state index contributed by atoms with van der Waals surface area (Å²) in [5, 5.41) is 7.20. The van der Waals surface area contributed by atoms with E-state index < -0.39 is 23.9 Å². The van der Waals surface area contributed by atoms with E-state index in [2.05, 4.69) is 15.4 Å². The zero-order valence-corrected chi connectivity index (χ0v) is 18.2. The van der Waals surface area contributed by atoms with E-state index in [0.29, 0.717) is 23.1 Å². The smallest absolute Gasteiger partial charge is 0.280 e. The summed E-state index contributed by atoms with van der Waals surface area (Å²) >= 11 is 6.97. The number of benzene rings is 1. The number of carbonyl (C=O) groups is 2. The molecule has 0 unspecified atom stereocenters. The molecule has 0 atom stereocenters. The summed E-state index contributed by atoms with van der Waals surface area (Å²) in [6, 6.07) is 10.0. The third-order valence-corrected chi connectivity index (χ3v) is 6.14. The second-order valence-electron chi connectivity index (χ2n) is 6.72. The van der Waals surface area contributed by atoms with Gasteiger partial charge in [0.1, 0.15) is 21.1 Å². The van der Waals surface area contributed by atoms with Crippen LogP contribution in [0.5, 0.6) is 0 Å². The molecule has 11 heteroatoms. The first kappa shape index (κ1) is 21.8. The third kappa shape index (κ3) is 3.82. The number of nitrogens with two attached hydrogens (primary N) is 1. The Morgan fingerprint density at radius 2 is 2.00 bits per heavy atom. The Bertz CT molecular complexity index is 1340. The summed E-state index contributed by atoms with van der Waals surface area (Å²) in [7, 11) is 0. The first-order valence-electron chi connectivity index (χ1n) is 9.45. The summed E-state index contributed by atoms with van der Waals surface area (Å²) < 4.78 is 28.5. The van der Waals surface area contributed by atoms with Crippen molar-refractivity contribution < 1.29 is 18.4 Å². The Morgan fingerprint density at radius 1 is 1.28 bits per heavy atom. The summed E-state index contributed by atoms with van der Waals surface area (Å²) in [5.74, 6) is -1.44. The predicted molar refractivity (Wildman–Crippen MR) is 119 cm³/mol. The van der Waals surface area contributed by atoms with Crippen LogP contribution in [0.3, 0.4) is 0 Å². The van der Waals surface area contributed by atoms with Crippen LogP contribution >= 0.6 is 22.9 Å². The number of amides is 2. The molecule has 32 heavy (non-hydrogen) atoms. The molecule has 7 nitrogen and oxygen atoms in total. The Balaban J connectivity index is 1.97. The molecular formula is C21H16ClF2N5O2S. The van der Waals surface area contributed by atoms with Crippen molar-refractivity contribution in [3.8, 4) is 11.1 Å². The number of aryl methyl sites for hydroxylation is 1. The van der Waals surface area contributed by atoms with Crippen LogP contribution in [0.15, 0.2) is 42.6 Å². The lowest BCUT2D eigenvalue weighted by molar-refractivity contribution is 0.100. The molecule has 0 saturated carbocycles. The zero-order chi connectivity index (χ0) is 23.0. The Labute approximate surface area is 189 Å². The highest BCUT2D eigenvalue weighted by Crippen LogP contribution is 2.42. The molecule has 3 N–H and O–H groups in total. The molecule has 0 bridgehead atoms. The van der Waals surface area contributed by atoms with Crippen LogP contribution in [-0.2, 0) is 6.54 Å². The zero-order valence-electron chi connectivity index (χ0n) is 16.6. The van der Waals surface area contributed by atoms with E-state index in [0.717, 1.165) is 11.3 Å². The molecule has 4 aromatic rings. The highest BCUT2D eigenvalue weighted by atomic mass is 35.5. The monoisotopic (exact) mass is 475 g/mol. The number of rotatable bonds is 6. The van der Waals surface area contributed by atoms with Crippen LogP contribution in [0.1, 0.15) is 39.2 Å². The number of primary amides is 1. The Kier molecular flexibility index (Phi) is 5.90. The average Bonchev–Trinajstić information content (AvgIpc) is 3.34. The topological polar surface area (TPSA) is 103 Å². The number of pyridine rings is 1. The molecule has 0 fully saturated rings. The van der Waals surface area contributed by atoms with Crippen molar-refractivity contribution in [3.05, 3.63) is 63.9 Å². The van der Waals surface area contributed by atoms with Gasteiger partial charge in [-0.15, -0.1) is 11.3 Å². The van der Waals surface area contributed by atoms with Gasteiger partial charge < -0.3 is 11.1 Å². The fourth-order valence-corrected chi connectivity index (χ4v) is 4.61. The van der Waals surface area contributed by atoms with E-state index >= 15 is 0 Å².